The van der Waals surface area contributed by atoms with E-state index in [-0.39, 0.29) is 18.2 Å². The standard InChI is InChI=1S/C22H28ClN3O4S/c1-5-20(26(31(4,29)30)17-10-8-9-16(23)13-17)22(28)25-19-12-7-6-11-18(19)21(27)24-14-15(2)3/h6-13,15,20H,5,14H2,1-4H3,(H,24,27)(H,25,28)/t20-/m1/s1. The molecule has 31 heavy (non-hydrogen) atoms. The third kappa shape index (κ3) is 6.70. The molecule has 0 saturated heterocycles. The first-order valence-corrected chi connectivity index (χ1v) is 12.2. The number of hydrogen-bond acceptors (Lipinski definition) is 4. The van der Waals surface area contributed by atoms with Crippen molar-refractivity contribution < 1.29 is 18.0 Å². The summed E-state index contributed by atoms with van der Waals surface area (Å²) in [6.07, 6.45) is 1.25. The number of para-hydroxylation sites is 1. The number of benzene rings is 2. The van der Waals surface area contributed by atoms with Crippen molar-refractivity contribution in [2.45, 2.75) is 33.2 Å². The zero-order valence-corrected chi connectivity index (χ0v) is 19.6. The van der Waals surface area contributed by atoms with Gasteiger partial charge >= 0.3 is 0 Å². The zero-order valence-electron chi connectivity index (χ0n) is 18.1. The van der Waals surface area contributed by atoms with E-state index in [1.54, 1.807) is 49.4 Å². The van der Waals surface area contributed by atoms with Crippen molar-refractivity contribution in [3.8, 4) is 0 Å². The molecule has 0 unspecified atom stereocenters. The van der Waals surface area contributed by atoms with E-state index in [1.165, 1.54) is 6.07 Å². The van der Waals surface area contributed by atoms with Crippen LogP contribution in [0.3, 0.4) is 0 Å². The fourth-order valence-electron chi connectivity index (χ4n) is 3.07. The van der Waals surface area contributed by atoms with Gasteiger partial charge in [-0.15, -0.1) is 0 Å². The summed E-state index contributed by atoms with van der Waals surface area (Å²) in [6, 6.07) is 11.9. The maximum atomic E-state index is 13.1. The van der Waals surface area contributed by atoms with Gasteiger partial charge in [0.15, 0.2) is 0 Å². The van der Waals surface area contributed by atoms with Crippen molar-refractivity contribution >= 4 is 44.8 Å². The molecule has 0 saturated carbocycles. The molecule has 0 bridgehead atoms. The highest BCUT2D eigenvalue weighted by Gasteiger charge is 2.32. The van der Waals surface area contributed by atoms with Crippen LogP contribution in [0, 0.1) is 5.92 Å². The molecule has 2 aromatic carbocycles. The summed E-state index contributed by atoms with van der Waals surface area (Å²) >= 11 is 6.04. The number of anilines is 2. The zero-order chi connectivity index (χ0) is 23.2. The molecule has 0 heterocycles. The smallest absolute Gasteiger partial charge is 0.253 e. The number of carbonyl (C=O) groups is 2. The van der Waals surface area contributed by atoms with Crippen LogP contribution in [0.5, 0.6) is 0 Å². The summed E-state index contributed by atoms with van der Waals surface area (Å²) in [5.41, 5.74) is 0.909. The van der Waals surface area contributed by atoms with Gasteiger partial charge in [-0.25, -0.2) is 8.42 Å². The van der Waals surface area contributed by atoms with E-state index in [0.29, 0.717) is 28.5 Å². The van der Waals surface area contributed by atoms with Gasteiger partial charge in [0.05, 0.1) is 23.2 Å². The average Bonchev–Trinajstić information content (AvgIpc) is 2.69. The minimum absolute atomic E-state index is 0.215. The normalized spacial score (nSPS) is 12.3. The lowest BCUT2D eigenvalue weighted by Crippen LogP contribution is -2.47. The van der Waals surface area contributed by atoms with Crippen LogP contribution in [-0.2, 0) is 14.8 Å². The van der Waals surface area contributed by atoms with E-state index in [0.717, 1.165) is 10.6 Å². The van der Waals surface area contributed by atoms with Crippen LogP contribution in [0.15, 0.2) is 48.5 Å². The molecule has 0 aromatic heterocycles. The third-order valence-corrected chi connectivity index (χ3v) is 5.91. The van der Waals surface area contributed by atoms with E-state index in [9.17, 15) is 18.0 Å². The van der Waals surface area contributed by atoms with E-state index in [4.69, 9.17) is 11.6 Å². The molecule has 2 aromatic rings. The summed E-state index contributed by atoms with van der Waals surface area (Å²) < 4.78 is 26.2. The lowest BCUT2D eigenvalue weighted by atomic mass is 10.1. The van der Waals surface area contributed by atoms with Gasteiger partial charge in [-0.1, -0.05) is 50.6 Å². The largest absolute Gasteiger partial charge is 0.352 e. The first-order valence-electron chi connectivity index (χ1n) is 9.97. The Kier molecular flexibility index (Phi) is 8.47. The average molecular weight is 466 g/mol. The molecule has 9 heteroatoms. The van der Waals surface area contributed by atoms with E-state index in [1.807, 2.05) is 13.8 Å². The predicted molar refractivity (Wildman–Crippen MR) is 125 cm³/mol. The molecule has 0 radical (unpaired) electrons. The Hall–Kier alpha value is -2.58. The fourth-order valence-corrected chi connectivity index (χ4v) is 4.46. The highest BCUT2D eigenvalue weighted by molar-refractivity contribution is 7.92. The molecule has 2 amide bonds. The van der Waals surface area contributed by atoms with Gasteiger partial charge < -0.3 is 10.6 Å². The Morgan fingerprint density at radius 1 is 1.10 bits per heavy atom. The quantitative estimate of drug-likeness (QED) is 0.586. The van der Waals surface area contributed by atoms with Gasteiger partial charge in [0.25, 0.3) is 5.91 Å². The second-order valence-corrected chi connectivity index (χ2v) is 9.90. The number of halogens is 1. The van der Waals surface area contributed by atoms with E-state index in [2.05, 4.69) is 10.6 Å². The Balaban J connectivity index is 2.35. The Morgan fingerprint density at radius 3 is 2.35 bits per heavy atom. The first kappa shape index (κ1) is 24.7. The predicted octanol–water partition coefficient (Wildman–Crippen LogP) is 3.91. The van der Waals surface area contributed by atoms with Crippen molar-refractivity contribution in [3.63, 3.8) is 0 Å². The summed E-state index contributed by atoms with van der Waals surface area (Å²) in [7, 11) is -3.79. The summed E-state index contributed by atoms with van der Waals surface area (Å²) in [5.74, 6) is -0.583. The molecule has 0 aliphatic carbocycles. The van der Waals surface area contributed by atoms with Gasteiger partial charge in [0.1, 0.15) is 6.04 Å². The van der Waals surface area contributed by atoms with Gasteiger partial charge in [-0.05, 0) is 42.7 Å². The van der Waals surface area contributed by atoms with Crippen LogP contribution in [0.1, 0.15) is 37.6 Å². The fraction of sp³-hybridized carbons (Fsp3) is 0.364. The second-order valence-electron chi connectivity index (χ2n) is 7.60. The van der Waals surface area contributed by atoms with Crippen LogP contribution < -0.4 is 14.9 Å². The van der Waals surface area contributed by atoms with Gasteiger partial charge in [-0.3, -0.25) is 13.9 Å². The molecule has 2 N–H and O–H groups in total. The lowest BCUT2D eigenvalue weighted by molar-refractivity contribution is -0.117. The summed E-state index contributed by atoms with van der Waals surface area (Å²) in [4.78, 5) is 25.7. The first-order chi connectivity index (χ1) is 14.5. The molecule has 0 aliphatic heterocycles. The van der Waals surface area contributed by atoms with E-state index < -0.39 is 22.0 Å². The Morgan fingerprint density at radius 2 is 1.77 bits per heavy atom. The number of nitrogens with zero attached hydrogens (tertiary/aromatic N) is 1. The monoisotopic (exact) mass is 465 g/mol. The van der Waals surface area contributed by atoms with Gasteiger partial charge in [0, 0.05) is 11.6 Å². The molecule has 0 fully saturated rings. The van der Waals surface area contributed by atoms with Crippen molar-refractivity contribution in [1.82, 2.24) is 5.32 Å². The van der Waals surface area contributed by atoms with Crippen LogP contribution in [-0.4, -0.2) is 39.1 Å². The third-order valence-electron chi connectivity index (χ3n) is 4.49. The van der Waals surface area contributed by atoms with Crippen molar-refractivity contribution in [3.05, 3.63) is 59.1 Å². The highest BCUT2D eigenvalue weighted by atomic mass is 35.5. The molecular formula is C22H28ClN3O4S. The van der Waals surface area contributed by atoms with Crippen molar-refractivity contribution in [2.24, 2.45) is 5.92 Å². The van der Waals surface area contributed by atoms with Gasteiger partial charge in [0.2, 0.25) is 15.9 Å². The van der Waals surface area contributed by atoms with Crippen LogP contribution >= 0.6 is 11.6 Å². The number of sulfonamides is 1. The maximum Gasteiger partial charge on any atom is 0.253 e. The molecule has 168 valence electrons. The van der Waals surface area contributed by atoms with Crippen LogP contribution in [0.2, 0.25) is 5.02 Å². The van der Waals surface area contributed by atoms with Gasteiger partial charge in [-0.2, -0.15) is 0 Å². The number of nitrogens with one attached hydrogen (secondary N) is 2. The minimum Gasteiger partial charge on any atom is -0.352 e. The number of carbonyl (C=O) groups excluding carboxylic acids is 2. The number of rotatable bonds is 9. The molecular weight excluding hydrogens is 438 g/mol. The molecule has 0 spiro atoms. The topological polar surface area (TPSA) is 95.6 Å². The van der Waals surface area contributed by atoms with Crippen molar-refractivity contribution in [2.75, 3.05) is 22.4 Å². The minimum atomic E-state index is -3.79. The Labute approximate surface area is 188 Å². The number of amides is 2. The van der Waals surface area contributed by atoms with Crippen LogP contribution in [0.4, 0.5) is 11.4 Å². The highest BCUT2D eigenvalue weighted by Crippen LogP contribution is 2.26. The SMILES string of the molecule is CC[C@H](C(=O)Nc1ccccc1C(=O)NCC(C)C)N(c1cccc(Cl)c1)S(C)(=O)=O. The van der Waals surface area contributed by atoms with Crippen LogP contribution in [0.25, 0.3) is 0 Å². The number of hydrogen-bond donors (Lipinski definition) is 2. The molecule has 0 aliphatic rings. The summed E-state index contributed by atoms with van der Waals surface area (Å²) in [5, 5.41) is 5.91. The lowest BCUT2D eigenvalue weighted by Gasteiger charge is -2.30. The van der Waals surface area contributed by atoms with E-state index >= 15 is 0 Å². The molecule has 7 nitrogen and oxygen atoms in total. The van der Waals surface area contributed by atoms with Crippen molar-refractivity contribution in [1.29, 1.82) is 0 Å². The Bertz CT molecular complexity index is 1040. The second kappa shape index (κ2) is 10.6. The molecule has 1 atom stereocenters. The summed E-state index contributed by atoms with van der Waals surface area (Å²) in [6.45, 7) is 6.17. The maximum absolute atomic E-state index is 13.1. The molecule has 2 rings (SSSR count).